The third kappa shape index (κ3) is 3.57. The van der Waals surface area contributed by atoms with Gasteiger partial charge in [0.15, 0.2) is 5.15 Å². The zero-order valence-electron chi connectivity index (χ0n) is 10.8. The number of pyridine rings is 1. The lowest BCUT2D eigenvalue weighted by molar-refractivity contribution is -0.119. The van der Waals surface area contributed by atoms with Crippen LogP contribution in [0.3, 0.4) is 0 Å². The molecule has 1 aromatic rings. The number of aryl methyl sites for hydroxylation is 1. The summed E-state index contributed by atoms with van der Waals surface area (Å²) in [5.74, 6) is -0.295. The molecule has 100 valence electrons. The van der Waals surface area contributed by atoms with Gasteiger partial charge in [-0.3, -0.25) is 4.79 Å². The van der Waals surface area contributed by atoms with Crippen LogP contribution in [-0.2, 0) is 4.79 Å². The van der Waals surface area contributed by atoms with Gasteiger partial charge in [0.2, 0.25) is 5.91 Å². The number of hydrogen-bond donors (Lipinski definition) is 2. The largest absolute Gasteiger partial charge is 0.322 e. The Hall–Kier alpha value is -0.840. The topological polar surface area (TPSA) is 68.0 Å². The summed E-state index contributed by atoms with van der Waals surface area (Å²) in [5, 5.41) is 3.14. The van der Waals surface area contributed by atoms with Crippen LogP contribution in [0.25, 0.3) is 0 Å². The van der Waals surface area contributed by atoms with E-state index in [9.17, 15) is 4.79 Å². The first kappa shape index (κ1) is 15.2. The van der Waals surface area contributed by atoms with E-state index in [0.29, 0.717) is 5.69 Å². The quantitative estimate of drug-likeness (QED) is 0.823. The maximum absolute atomic E-state index is 12.0. The first-order chi connectivity index (χ1) is 8.12. The number of carbonyl (C=O) groups excluding carboxylic acids is 1. The van der Waals surface area contributed by atoms with Crippen LogP contribution in [-0.4, -0.2) is 16.9 Å². The van der Waals surface area contributed by atoms with Crippen LogP contribution in [0.15, 0.2) is 6.07 Å². The second-order valence-corrected chi connectivity index (χ2v) is 6.01. The smallest absolute Gasteiger partial charge is 0.241 e. The standard InChI is InChI=1S/C12H17Cl2N3O/c1-6-5-7(13)16-10(14)8(6)17-11(18)9(15)12(2,3)4/h5,9H,15H2,1-4H3,(H,17,18)/t9-/m0/s1. The van der Waals surface area contributed by atoms with Gasteiger partial charge in [-0.2, -0.15) is 0 Å². The number of nitrogens with zero attached hydrogens (tertiary/aromatic N) is 1. The SMILES string of the molecule is Cc1cc(Cl)nc(Cl)c1NC(=O)[C@H](N)C(C)(C)C. The summed E-state index contributed by atoms with van der Waals surface area (Å²) in [6, 6.07) is 0.995. The van der Waals surface area contributed by atoms with Crippen molar-refractivity contribution >= 4 is 34.8 Å². The Labute approximate surface area is 117 Å². The summed E-state index contributed by atoms with van der Waals surface area (Å²) in [5.41, 5.74) is 6.74. The lowest BCUT2D eigenvalue weighted by Crippen LogP contribution is -2.45. The number of amides is 1. The Kier molecular flexibility index (Phi) is 4.59. The summed E-state index contributed by atoms with van der Waals surface area (Å²) in [4.78, 5) is 15.9. The first-order valence-electron chi connectivity index (χ1n) is 5.52. The number of halogens is 2. The third-order valence-corrected chi connectivity index (χ3v) is 3.07. The zero-order chi connectivity index (χ0) is 14.1. The number of carbonyl (C=O) groups is 1. The summed E-state index contributed by atoms with van der Waals surface area (Å²) < 4.78 is 0. The maximum Gasteiger partial charge on any atom is 0.241 e. The van der Waals surface area contributed by atoms with Gasteiger partial charge in [-0.05, 0) is 24.0 Å². The van der Waals surface area contributed by atoms with Crippen LogP contribution in [0.1, 0.15) is 26.3 Å². The molecule has 1 aromatic heterocycles. The maximum atomic E-state index is 12.0. The van der Waals surface area contributed by atoms with E-state index in [1.165, 1.54) is 0 Å². The Morgan fingerprint density at radius 3 is 2.44 bits per heavy atom. The van der Waals surface area contributed by atoms with Gasteiger partial charge in [0, 0.05) is 0 Å². The fraction of sp³-hybridized carbons (Fsp3) is 0.500. The monoisotopic (exact) mass is 289 g/mol. The Bertz CT molecular complexity index is 446. The van der Waals surface area contributed by atoms with E-state index in [2.05, 4.69) is 10.3 Å². The molecular formula is C12H17Cl2N3O. The average molecular weight is 290 g/mol. The molecule has 0 bridgehead atoms. The van der Waals surface area contributed by atoms with Crippen molar-refractivity contribution in [3.05, 3.63) is 21.9 Å². The van der Waals surface area contributed by atoms with Gasteiger partial charge < -0.3 is 11.1 Å². The third-order valence-electron chi connectivity index (χ3n) is 2.60. The van der Waals surface area contributed by atoms with Gasteiger partial charge in [0.1, 0.15) is 5.15 Å². The van der Waals surface area contributed by atoms with Crippen molar-refractivity contribution in [3.63, 3.8) is 0 Å². The molecule has 6 heteroatoms. The molecule has 1 amide bonds. The second kappa shape index (κ2) is 5.43. The molecule has 0 radical (unpaired) electrons. The zero-order valence-corrected chi connectivity index (χ0v) is 12.4. The highest BCUT2D eigenvalue weighted by atomic mass is 35.5. The fourth-order valence-electron chi connectivity index (χ4n) is 1.34. The normalized spacial score (nSPS) is 13.3. The van der Waals surface area contributed by atoms with E-state index in [1.54, 1.807) is 13.0 Å². The highest BCUT2D eigenvalue weighted by Crippen LogP contribution is 2.27. The lowest BCUT2D eigenvalue weighted by atomic mass is 9.87. The van der Waals surface area contributed by atoms with Crippen LogP contribution in [0, 0.1) is 12.3 Å². The molecule has 1 rings (SSSR count). The van der Waals surface area contributed by atoms with E-state index in [4.69, 9.17) is 28.9 Å². The van der Waals surface area contributed by atoms with Gasteiger partial charge in [0.05, 0.1) is 11.7 Å². The second-order valence-electron chi connectivity index (χ2n) is 5.26. The minimum Gasteiger partial charge on any atom is -0.322 e. The van der Waals surface area contributed by atoms with Crippen molar-refractivity contribution in [2.24, 2.45) is 11.1 Å². The molecule has 0 fully saturated rings. The number of aromatic nitrogens is 1. The summed E-state index contributed by atoms with van der Waals surface area (Å²) >= 11 is 11.7. The van der Waals surface area contributed by atoms with Crippen molar-refractivity contribution in [3.8, 4) is 0 Å². The van der Waals surface area contributed by atoms with Crippen LogP contribution in [0.2, 0.25) is 10.3 Å². The van der Waals surface area contributed by atoms with E-state index in [1.807, 2.05) is 20.8 Å². The number of anilines is 1. The molecule has 3 N–H and O–H groups in total. The van der Waals surface area contributed by atoms with E-state index in [-0.39, 0.29) is 21.6 Å². The van der Waals surface area contributed by atoms with Crippen molar-refractivity contribution < 1.29 is 4.79 Å². The molecule has 4 nitrogen and oxygen atoms in total. The summed E-state index contributed by atoms with van der Waals surface area (Å²) in [6.45, 7) is 7.47. The fourth-order valence-corrected chi connectivity index (χ4v) is 1.92. The number of hydrogen-bond acceptors (Lipinski definition) is 3. The highest BCUT2D eigenvalue weighted by Gasteiger charge is 2.28. The Balaban J connectivity index is 2.96. The predicted octanol–water partition coefficient (Wildman–Crippen LogP) is 3.01. The van der Waals surface area contributed by atoms with Crippen molar-refractivity contribution in [2.75, 3.05) is 5.32 Å². The van der Waals surface area contributed by atoms with Gasteiger partial charge in [-0.25, -0.2) is 4.98 Å². The molecule has 0 aliphatic rings. The molecule has 0 saturated carbocycles. The van der Waals surface area contributed by atoms with E-state index in [0.717, 1.165) is 5.56 Å². The molecule has 1 atom stereocenters. The van der Waals surface area contributed by atoms with Crippen molar-refractivity contribution in [1.29, 1.82) is 0 Å². The minimum atomic E-state index is -0.636. The summed E-state index contributed by atoms with van der Waals surface area (Å²) in [7, 11) is 0. The molecule has 0 saturated heterocycles. The lowest BCUT2D eigenvalue weighted by Gasteiger charge is -2.26. The van der Waals surface area contributed by atoms with Crippen LogP contribution < -0.4 is 11.1 Å². The Morgan fingerprint density at radius 1 is 1.44 bits per heavy atom. The average Bonchev–Trinajstić information content (AvgIpc) is 2.20. The molecule has 0 aliphatic heterocycles. The predicted molar refractivity (Wildman–Crippen MR) is 75.1 cm³/mol. The number of nitrogens with two attached hydrogens (primary N) is 1. The van der Waals surface area contributed by atoms with Crippen molar-refractivity contribution in [2.45, 2.75) is 33.7 Å². The molecule has 0 spiro atoms. The van der Waals surface area contributed by atoms with Crippen LogP contribution in [0.4, 0.5) is 5.69 Å². The minimum absolute atomic E-state index is 0.162. The Morgan fingerprint density at radius 2 is 2.00 bits per heavy atom. The molecular weight excluding hydrogens is 273 g/mol. The van der Waals surface area contributed by atoms with Crippen LogP contribution in [0.5, 0.6) is 0 Å². The number of nitrogens with one attached hydrogen (secondary N) is 1. The van der Waals surface area contributed by atoms with Crippen LogP contribution >= 0.6 is 23.2 Å². The molecule has 1 heterocycles. The first-order valence-corrected chi connectivity index (χ1v) is 6.27. The molecule has 18 heavy (non-hydrogen) atoms. The molecule has 0 unspecified atom stereocenters. The van der Waals surface area contributed by atoms with Gasteiger partial charge >= 0.3 is 0 Å². The van der Waals surface area contributed by atoms with Gasteiger partial charge in [0.25, 0.3) is 0 Å². The number of rotatable bonds is 2. The summed E-state index contributed by atoms with van der Waals surface area (Å²) in [6.07, 6.45) is 0. The molecule has 0 aliphatic carbocycles. The molecule has 0 aromatic carbocycles. The van der Waals surface area contributed by atoms with E-state index < -0.39 is 6.04 Å². The van der Waals surface area contributed by atoms with Gasteiger partial charge in [-0.15, -0.1) is 0 Å². The highest BCUT2D eigenvalue weighted by molar-refractivity contribution is 6.34. The van der Waals surface area contributed by atoms with E-state index >= 15 is 0 Å². The van der Waals surface area contributed by atoms with Crippen molar-refractivity contribution in [1.82, 2.24) is 4.98 Å². The van der Waals surface area contributed by atoms with Gasteiger partial charge in [-0.1, -0.05) is 44.0 Å².